The molecule has 1 aliphatic heterocycles. The van der Waals surface area contributed by atoms with Gasteiger partial charge in [0.2, 0.25) is 0 Å². The van der Waals surface area contributed by atoms with Gasteiger partial charge in [0.05, 0.1) is 12.8 Å². The number of hydrogen-bond acceptors (Lipinski definition) is 5. The van der Waals surface area contributed by atoms with Gasteiger partial charge in [-0.2, -0.15) is 0 Å². The number of nitrogens with zero attached hydrogens (tertiary/aromatic N) is 3. The first-order chi connectivity index (χ1) is 16.7. The van der Waals surface area contributed by atoms with Crippen molar-refractivity contribution in [1.82, 2.24) is 9.97 Å². The fourth-order valence-electron chi connectivity index (χ4n) is 4.20. The fourth-order valence-corrected chi connectivity index (χ4v) is 4.37. The normalized spacial score (nSPS) is 12.7. The number of fused-ring (bicyclic) bond motifs is 1. The zero-order valence-corrected chi connectivity index (χ0v) is 19.7. The lowest BCUT2D eigenvalue weighted by molar-refractivity contribution is 0.416. The Labute approximate surface area is 204 Å². The van der Waals surface area contributed by atoms with E-state index in [9.17, 15) is 0 Å². The number of aryl methyl sites for hydroxylation is 1. The van der Waals surface area contributed by atoms with E-state index in [1.807, 2.05) is 42.5 Å². The minimum atomic E-state index is 0.679. The number of nitrogens with one attached hydrogen (secondary N) is 1. The molecule has 6 heteroatoms. The summed E-state index contributed by atoms with van der Waals surface area (Å²) in [5.74, 6) is 1.47. The molecule has 34 heavy (non-hydrogen) atoms. The first-order valence-corrected chi connectivity index (χ1v) is 11.6. The van der Waals surface area contributed by atoms with Crippen LogP contribution in [0.4, 0.5) is 17.2 Å². The molecular formula is C28H25ClN4O. The van der Waals surface area contributed by atoms with Crippen LogP contribution in [0.25, 0.3) is 11.3 Å². The molecule has 5 rings (SSSR count). The predicted octanol–water partition coefficient (Wildman–Crippen LogP) is 7.02. The molecular weight excluding hydrogens is 444 g/mol. The van der Waals surface area contributed by atoms with Crippen LogP contribution in [0.2, 0.25) is 5.02 Å². The zero-order chi connectivity index (χ0) is 23.3. The van der Waals surface area contributed by atoms with Gasteiger partial charge in [-0.3, -0.25) is 0 Å². The number of methoxy groups -OCH3 is 1. The van der Waals surface area contributed by atoms with Crippen LogP contribution in [0.15, 0.2) is 91.4 Å². The molecule has 0 amide bonds. The molecule has 0 unspecified atom stereocenters. The Morgan fingerprint density at radius 2 is 1.85 bits per heavy atom. The van der Waals surface area contributed by atoms with Gasteiger partial charge in [-0.25, -0.2) is 9.97 Å². The SMILES string of the molecule is COc1ccccc1-c1cc(Nc2ccc(Cl)c(CN3C=CCCc4ccccc43)c2)ncn1. The van der Waals surface area contributed by atoms with Crippen LogP contribution in [-0.4, -0.2) is 17.1 Å². The molecule has 0 aliphatic carbocycles. The molecule has 0 saturated carbocycles. The highest BCUT2D eigenvalue weighted by molar-refractivity contribution is 6.31. The number of hydrogen-bond donors (Lipinski definition) is 1. The average Bonchev–Trinajstić information content (AvgIpc) is 3.08. The molecule has 1 aliphatic rings. The highest BCUT2D eigenvalue weighted by Gasteiger charge is 2.14. The number of ether oxygens (including phenoxy) is 1. The second-order valence-electron chi connectivity index (χ2n) is 8.10. The topological polar surface area (TPSA) is 50.3 Å². The van der Waals surface area contributed by atoms with Crippen molar-refractivity contribution in [2.75, 3.05) is 17.3 Å². The van der Waals surface area contributed by atoms with Crippen LogP contribution >= 0.6 is 11.6 Å². The molecule has 0 radical (unpaired) electrons. The monoisotopic (exact) mass is 468 g/mol. The lowest BCUT2D eigenvalue weighted by atomic mass is 10.1. The van der Waals surface area contributed by atoms with Crippen molar-refractivity contribution in [2.45, 2.75) is 19.4 Å². The van der Waals surface area contributed by atoms with Gasteiger partial charge in [0.1, 0.15) is 17.9 Å². The summed E-state index contributed by atoms with van der Waals surface area (Å²) in [7, 11) is 1.66. The van der Waals surface area contributed by atoms with Crippen LogP contribution in [0.1, 0.15) is 17.5 Å². The predicted molar refractivity (Wildman–Crippen MR) is 139 cm³/mol. The summed E-state index contributed by atoms with van der Waals surface area (Å²) in [5.41, 5.74) is 6.23. The standard InChI is InChI=1S/C28H25ClN4O/c1-34-27-12-5-3-10-23(27)25-17-28(31-19-30-25)32-22-13-14-24(29)21(16-22)18-33-15-7-6-9-20-8-2-4-11-26(20)33/h2-5,7-8,10-17,19H,6,9,18H2,1H3,(H,30,31,32). The molecule has 0 bridgehead atoms. The highest BCUT2D eigenvalue weighted by atomic mass is 35.5. The Kier molecular flexibility index (Phi) is 6.45. The van der Waals surface area contributed by atoms with E-state index in [0.717, 1.165) is 46.1 Å². The van der Waals surface area contributed by atoms with Gasteiger partial charge in [-0.1, -0.05) is 48.0 Å². The number of anilines is 3. The maximum absolute atomic E-state index is 6.61. The van der Waals surface area contributed by atoms with E-state index in [1.54, 1.807) is 13.4 Å². The molecule has 0 saturated heterocycles. The molecule has 1 N–H and O–H groups in total. The summed E-state index contributed by atoms with van der Waals surface area (Å²) in [4.78, 5) is 11.1. The maximum Gasteiger partial charge on any atom is 0.134 e. The first kappa shape index (κ1) is 22.0. The average molecular weight is 469 g/mol. The molecule has 0 fully saturated rings. The van der Waals surface area contributed by atoms with Crippen LogP contribution in [0, 0.1) is 0 Å². The second-order valence-corrected chi connectivity index (χ2v) is 8.51. The largest absolute Gasteiger partial charge is 0.496 e. The van der Waals surface area contributed by atoms with Crippen LogP contribution < -0.4 is 15.0 Å². The van der Waals surface area contributed by atoms with Crippen molar-refractivity contribution in [3.05, 3.63) is 108 Å². The van der Waals surface area contributed by atoms with E-state index in [0.29, 0.717) is 12.4 Å². The van der Waals surface area contributed by atoms with Crippen molar-refractivity contribution in [2.24, 2.45) is 0 Å². The second kappa shape index (κ2) is 9.98. The van der Waals surface area contributed by atoms with Gasteiger partial charge >= 0.3 is 0 Å². The summed E-state index contributed by atoms with van der Waals surface area (Å²) in [5, 5.41) is 4.14. The third-order valence-corrected chi connectivity index (χ3v) is 6.24. The number of aromatic nitrogens is 2. The number of rotatable bonds is 6. The maximum atomic E-state index is 6.61. The summed E-state index contributed by atoms with van der Waals surface area (Å²) in [6.07, 6.45) is 8.01. The van der Waals surface area contributed by atoms with Gasteiger partial charge < -0.3 is 15.0 Å². The Morgan fingerprint density at radius 3 is 2.76 bits per heavy atom. The zero-order valence-electron chi connectivity index (χ0n) is 18.9. The number of halogens is 1. The molecule has 1 aromatic heterocycles. The Morgan fingerprint density at radius 1 is 1.00 bits per heavy atom. The van der Waals surface area contributed by atoms with E-state index < -0.39 is 0 Å². The Hall–Kier alpha value is -3.83. The summed E-state index contributed by atoms with van der Waals surface area (Å²) >= 11 is 6.61. The highest BCUT2D eigenvalue weighted by Crippen LogP contribution is 2.32. The number of benzene rings is 3. The van der Waals surface area contributed by atoms with E-state index >= 15 is 0 Å². The number of allylic oxidation sites excluding steroid dienone is 1. The molecule has 0 atom stereocenters. The quantitative estimate of drug-likeness (QED) is 0.329. The van der Waals surface area contributed by atoms with Gasteiger partial charge in [0.25, 0.3) is 0 Å². The lowest BCUT2D eigenvalue weighted by Gasteiger charge is -2.23. The van der Waals surface area contributed by atoms with E-state index in [2.05, 4.69) is 62.8 Å². The third kappa shape index (κ3) is 4.75. The molecule has 3 aromatic carbocycles. The van der Waals surface area contributed by atoms with Gasteiger partial charge in [0.15, 0.2) is 0 Å². The molecule has 2 heterocycles. The minimum absolute atomic E-state index is 0.679. The minimum Gasteiger partial charge on any atom is -0.496 e. The molecule has 4 aromatic rings. The van der Waals surface area contributed by atoms with Crippen molar-refractivity contribution < 1.29 is 4.74 Å². The van der Waals surface area contributed by atoms with Crippen molar-refractivity contribution in [3.8, 4) is 17.0 Å². The number of para-hydroxylation sites is 2. The third-order valence-electron chi connectivity index (χ3n) is 5.88. The fraction of sp³-hybridized carbons (Fsp3) is 0.143. The molecule has 0 spiro atoms. The Balaban J connectivity index is 1.40. The smallest absolute Gasteiger partial charge is 0.134 e. The van der Waals surface area contributed by atoms with Crippen LogP contribution in [-0.2, 0) is 13.0 Å². The van der Waals surface area contributed by atoms with Crippen molar-refractivity contribution in [3.63, 3.8) is 0 Å². The lowest BCUT2D eigenvalue weighted by Crippen LogP contribution is -2.16. The van der Waals surface area contributed by atoms with Gasteiger partial charge in [-0.05, 0) is 60.4 Å². The van der Waals surface area contributed by atoms with Crippen molar-refractivity contribution >= 4 is 28.8 Å². The summed E-state index contributed by atoms with van der Waals surface area (Å²) < 4.78 is 5.49. The van der Waals surface area contributed by atoms with Gasteiger partial charge in [0, 0.05) is 40.8 Å². The molecule has 5 nitrogen and oxygen atoms in total. The summed E-state index contributed by atoms with van der Waals surface area (Å²) in [6.45, 7) is 0.679. The Bertz CT molecular complexity index is 1340. The van der Waals surface area contributed by atoms with E-state index in [1.165, 1.54) is 11.3 Å². The van der Waals surface area contributed by atoms with E-state index in [-0.39, 0.29) is 0 Å². The molecule has 170 valence electrons. The van der Waals surface area contributed by atoms with Gasteiger partial charge in [-0.15, -0.1) is 0 Å². The van der Waals surface area contributed by atoms with Crippen LogP contribution in [0.5, 0.6) is 5.75 Å². The van der Waals surface area contributed by atoms with E-state index in [4.69, 9.17) is 16.3 Å². The van der Waals surface area contributed by atoms with Crippen LogP contribution in [0.3, 0.4) is 0 Å². The first-order valence-electron chi connectivity index (χ1n) is 11.2. The summed E-state index contributed by atoms with van der Waals surface area (Å²) in [6, 6.07) is 24.2. The van der Waals surface area contributed by atoms with Crippen molar-refractivity contribution in [1.29, 1.82) is 0 Å².